The fraction of sp³-hybridized carbons (Fsp3) is 0.300. The highest BCUT2D eigenvalue weighted by Gasteiger charge is 2.18. The highest BCUT2D eigenvalue weighted by atomic mass is 35.5. The van der Waals surface area contributed by atoms with Crippen LogP contribution in [0.25, 0.3) is 0 Å². The smallest absolute Gasteiger partial charge is 0.244 e. The number of nitrogens with zero attached hydrogens (tertiary/aromatic N) is 1. The zero-order chi connectivity index (χ0) is 12.9. The van der Waals surface area contributed by atoms with E-state index in [1.165, 1.54) is 25.3 Å². The number of hydrogen-bond donors (Lipinski definition) is 2. The maximum atomic E-state index is 11.8. The monoisotopic (exact) mass is 291 g/mol. The molecule has 0 aliphatic rings. The first kappa shape index (κ1) is 16.7. The SMILES string of the molecule is COc1cc(C#N)ccc1S(=O)(=O)NCCN.Cl. The minimum atomic E-state index is -3.65. The summed E-state index contributed by atoms with van der Waals surface area (Å²) in [5, 5.41) is 8.71. The molecule has 0 aliphatic carbocycles. The van der Waals surface area contributed by atoms with E-state index in [1.807, 2.05) is 6.07 Å². The lowest BCUT2D eigenvalue weighted by Crippen LogP contribution is -2.29. The Bertz CT molecular complexity index is 540. The average Bonchev–Trinajstić information content (AvgIpc) is 2.35. The van der Waals surface area contributed by atoms with Gasteiger partial charge in [0.25, 0.3) is 0 Å². The largest absolute Gasteiger partial charge is 0.495 e. The Morgan fingerprint density at radius 1 is 1.50 bits per heavy atom. The first-order valence-electron chi connectivity index (χ1n) is 4.83. The van der Waals surface area contributed by atoms with Gasteiger partial charge in [-0.25, -0.2) is 13.1 Å². The molecule has 0 spiro atoms. The summed E-state index contributed by atoms with van der Waals surface area (Å²) in [6, 6.07) is 6.03. The van der Waals surface area contributed by atoms with Crippen molar-refractivity contribution >= 4 is 22.4 Å². The minimum Gasteiger partial charge on any atom is -0.495 e. The molecule has 0 amide bonds. The highest BCUT2D eigenvalue weighted by molar-refractivity contribution is 7.89. The molecule has 0 saturated carbocycles. The molecule has 0 aromatic heterocycles. The van der Waals surface area contributed by atoms with Crippen LogP contribution in [-0.2, 0) is 10.0 Å². The Morgan fingerprint density at radius 3 is 2.67 bits per heavy atom. The molecule has 0 radical (unpaired) electrons. The van der Waals surface area contributed by atoms with Crippen molar-refractivity contribution in [3.05, 3.63) is 23.8 Å². The average molecular weight is 292 g/mol. The van der Waals surface area contributed by atoms with Crippen molar-refractivity contribution in [1.82, 2.24) is 4.72 Å². The molecule has 6 nitrogen and oxygen atoms in total. The Morgan fingerprint density at radius 2 is 2.17 bits per heavy atom. The molecule has 0 aliphatic heterocycles. The maximum Gasteiger partial charge on any atom is 0.244 e. The quantitative estimate of drug-likeness (QED) is 0.807. The van der Waals surface area contributed by atoms with Crippen LogP contribution in [0.3, 0.4) is 0 Å². The third-order valence-corrected chi connectivity index (χ3v) is 3.52. The zero-order valence-corrected chi connectivity index (χ0v) is 11.3. The van der Waals surface area contributed by atoms with Crippen molar-refractivity contribution in [2.24, 2.45) is 5.73 Å². The Balaban J connectivity index is 0.00000289. The standard InChI is InChI=1S/C10H13N3O3S.ClH/c1-16-9-6-8(7-12)2-3-10(9)17(14,15)13-5-4-11;/h2-3,6,13H,4-5,11H2,1H3;1H. The summed E-state index contributed by atoms with van der Waals surface area (Å²) in [7, 11) is -2.31. The van der Waals surface area contributed by atoms with Crippen LogP contribution in [0.4, 0.5) is 0 Å². The van der Waals surface area contributed by atoms with Crippen LogP contribution in [0, 0.1) is 11.3 Å². The van der Waals surface area contributed by atoms with Crippen LogP contribution in [0.5, 0.6) is 5.75 Å². The summed E-state index contributed by atoms with van der Waals surface area (Å²) in [6.45, 7) is 0.351. The summed E-state index contributed by atoms with van der Waals surface area (Å²) in [5.41, 5.74) is 5.56. The molecule has 3 N–H and O–H groups in total. The van der Waals surface area contributed by atoms with Gasteiger partial charge in [0.05, 0.1) is 18.7 Å². The van der Waals surface area contributed by atoms with Gasteiger partial charge in [0, 0.05) is 13.1 Å². The highest BCUT2D eigenvalue weighted by Crippen LogP contribution is 2.24. The Kier molecular flexibility index (Phi) is 6.65. The van der Waals surface area contributed by atoms with Crippen molar-refractivity contribution in [1.29, 1.82) is 5.26 Å². The molecule has 100 valence electrons. The number of methoxy groups -OCH3 is 1. The van der Waals surface area contributed by atoms with E-state index in [-0.39, 0.29) is 36.1 Å². The van der Waals surface area contributed by atoms with Crippen LogP contribution >= 0.6 is 12.4 Å². The normalized spacial score (nSPS) is 10.3. The molecule has 0 atom stereocenters. The van der Waals surface area contributed by atoms with Crippen molar-refractivity contribution in [3.8, 4) is 11.8 Å². The third kappa shape index (κ3) is 3.85. The van der Waals surface area contributed by atoms with Crippen LogP contribution < -0.4 is 15.2 Å². The van der Waals surface area contributed by atoms with E-state index in [0.29, 0.717) is 5.56 Å². The van der Waals surface area contributed by atoms with Gasteiger partial charge in [-0.2, -0.15) is 5.26 Å². The number of nitrogens with one attached hydrogen (secondary N) is 1. The predicted molar refractivity (Wildman–Crippen MR) is 69.2 cm³/mol. The second-order valence-corrected chi connectivity index (χ2v) is 4.90. The third-order valence-electron chi connectivity index (χ3n) is 2.02. The van der Waals surface area contributed by atoms with Crippen molar-refractivity contribution in [3.63, 3.8) is 0 Å². The van der Waals surface area contributed by atoms with E-state index in [2.05, 4.69) is 4.72 Å². The molecular formula is C10H14ClN3O3S. The van der Waals surface area contributed by atoms with Gasteiger partial charge in [-0.15, -0.1) is 12.4 Å². The lowest BCUT2D eigenvalue weighted by molar-refractivity contribution is 0.402. The van der Waals surface area contributed by atoms with E-state index in [1.54, 1.807) is 0 Å². The van der Waals surface area contributed by atoms with Gasteiger partial charge in [0.15, 0.2) is 0 Å². The summed E-state index contributed by atoms with van der Waals surface area (Å²) in [5.74, 6) is 0.133. The molecule has 0 saturated heterocycles. The molecule has 0 bridgehead atoms. The van der Waals surface area contributed by atoms with Crippen LogP contribution in [0.15, 0.2) is 23.1 Å². The summed E-state index contributed by atoms with van der Waals surface area (Å²) in [6.07, 6.45) is 0. The van der Waals surface area contributed by atoms with E-state index < -0.39 is 10.0 Å². The van der Waals surface area contributed by atoms with Gasteiger partial charge in [-0.05, 0) is 18.2 Å². The second-order valence-electron chi connectivity index (χ2n) is 3.16. The van der Waals surface area contributed by atoms with Gasteiger partial charge in [0.1, 0.15) is 10.6 Å². The van der Waals surface area contributed by atoms with E-state index in [9.17, 15) is 8.42 Å². The second kappa shape index (κ2) is 7.18. The topological polar surface area (TPSA) is 105 Å². The number of rotatable bonds is 5. The van der Waals surface area contributed by atoms with E-state index in [4.69, 9.17) is 15.7 Å². The number of hydrogen-bond acceptors (Lipinski definition) is 5. The number of benzene rings is 1. The van der Waals surface area contributed by atoms with Crippen LogP contribution in [0.1, 0.15) is 5.56 Å². The number of nitrogens with two attached hydrogens (primary N) is 1. The van der Waals surface area contributed by atoms with E-state index >= 15 is 0 Å². The van der Waals surface area contributed by atoms with Gasteiger partial charge in [-0.3, -0.25) is 0 Å². The lowest BCUT2D eigenvalue weighted by atomic mass is 10.2. The van der Waals surface area contributed by atoms with Gasteiger partial charge >= 0.3 is 0 Å². The van der Waals surface area contributed by atoms with Crippen LogP contribution in [0.2, 0.25) is 0 Å². The number of sulfonamides is 1. The fourth-order valence-electron chi connectivity index (χ4n) is 1.23. The maximum absolute atomic E-state index is 11.8. The van der Waals surface area contributed by atoms with Crippen molar-refractivity contribution in [2.75, 3.05) is 20.2 Å². The van der Waals surface area contributed by atoms with Gasteiger partial charge < -0.3 is 10.5 Å². The van der Waals surface area contributed by atoms with E-state index in [0.717, 1.165) is 0 Å². The Hall–Kier alpha value is -1.33. The molecular weight excluding hydrogens is 278 g/mol. The molecule has 8 heteroatoms. The predicted octanol–water partition coefficient (Wildman–Crippen LogP) is 0.226. The fourth-order valence-corrected chi connectivity index (χ4v) is 2.43. The number of nitriles is 1. The van der Waals surface area contributed by atoms with Crippen molar-refractivity contribution < 1.29 is 13.2 Å². The summed E-state index contributed by atoms with van der Waals surface area (Å²) in [4.78, 5) is -0.00699. The molecule has 0 heterocycles. The molecule has 1 aromatic rings. The molecule has 0 unspecified atom stereocenters. The first-order chi connectivity index (χ1) is 8.05. The summed E-state index contributed by atoms with van der Waals surface area (Å²) >= 11 is 0. The molecule has 18 heavy (non-hydrogen) atoms. The Labute approximate surface area is 112 Å². The van der Waals surface area contributed by atoms with Crippen LogP contribution in [-0.4, -0.2) is 28.6 Å². The molecule has 0 fully saturated rings. The molecule has 1 rings (SSSR count). The van der Waals surface area contributed by atoms with Gasteiger partial charge in [-0.1, -0.05) is 0 Å². The molecule has 1 aromatic carbocycles. The first-order valence-corrected chi connectivity index (χ1v) is 6.31. The lowest BCUT2D eigenvalue weighted by Gasteiger charge is -2.10. The number of ether oxygens (including phenoxy) is 1. The number of halogens is 1. The zero-order valence-electron chi connectivity index (χ0n) is 9.71. The van der Waals surface area contributed by atoms with Gasteiger partial charge in [0.2, 0.25) is 10.0 Å². The summed E-state index contributed by atoms with van der Waals surface area (Å²) < 4.78 is 31.0. The minimum absolute atomic E-state index is 0. The van der Waals surface area contributed by atoms with Crippen molar-refractivity contribution in [2.45, 2.75) is 4.90 Å².